The summed E-state index contributed by atoms with van der Waals surface area (Å²) >= 11 is 1.75. The summed E-state index contributed by atoms with van der Waals surface area (Å²) in [6.07, 6.45) is 0.882. The van der Waals surface area contributed by atoms with E-state index < -0.39 is 0 Å². The number of aromatic nitrogens is 1. The van der Waals surface area contributed by atoms with Gasteiger partial charge < -0.3 is 15.0 Å². The van der Waals surface area contributed by atoms with Gasteiger partial charge in [0, 0.05) is 38.0 Å². The molecule has 2 aromatic rings. The SMILES string of the molecule is COc1ccc(Cc2csc(N3CCNCC3)n2)cc1. The zero-order valence-corrected chi connectivity index (χ0v) is 12.4. The molecule has 2 heterocycles. The van der Waals surface area contributed by atoms with E-state index >= 15 is 0 Å². The van der Waals surface area contributed by atoms with E-state index in [2.05, 4.69) is 27.7 Å². The van der Waals surface area contributed by atoms with Crippen molar-refractivity contribution in [3.05, 3.63) is 40.9 Å². The Bertz CT molecular complexity index is 547. The molecule has 5 heteroatoms. The molecule has 1 aliphatic rings. The van der Waals surface area contributed by atoms with Crippen LogP contribution in [0.25, 0.3) is 0 Å². The van der Waals surface area contributed by atoms with E-state index in [1.54, 1.807) is 18.4 Å². The third-order valence-electron chi connectivity index (χ3n) is 3.47. The molecule has 3 rings (SSSR count). The third kappa shape index (κ3) is 3.11. The van der Waals surface area contributed by atoms with Crippen LogP contribution in [0, 0.1) is 0 Å². The second kappa shape index (κ2) is 6.24. The van der Waals surface area contributed by atoms with Crippen LogP contribution in [0.2, 0.25) is 0 Å². The lowest BCUT2D eigenvalue weighted by Gasteiger charge is -2.26. The Hall–Kier alpha value is -1.59. The van der Waals surface area contributed by atoms with Crippen LogP contribution >= 0.6 is 11.3 Å². The lowest BCUT2D eigenvalue weighted by atomic mass is 10.1. The van der Waals surface area contributed by atoms with E-state index in [4.69, 9.17) is 9.72 Å². The molecule has 0 bridgehead atoms. The fourth-order valence-corrected chi connectivity index (χ4v) is 3.21. The predicted octanol–water partition coefficient (Wildman–Crippen LogP) is 2.15. The van der Waals surface area contributed by atoms with Gasteiger partial charge >= 0.3 is 0 Å². The van der Waals surface area contributed by atoms with Crippen molar-refractivity contribution in [3.8, 4) is 5.75 Å². The van der Waals surface area contributed by atoms with Crippen molar-refractivity contribution in [2.45, 2.75) is 6.42 Å². The summed E-state index contributed by atoms with van der Waals surface area (Å²) in [5.74, 6) is 0.897. The minimum absolute atomic E-state index is 0.882. The zero-order chi connectivity index (χ0) is 13.8. The summed E-state index contributed by atoms with van der Waals surface area (Å²) < 4.78 is 5.18. The number of methoxy groups -OCH3 is 1. The smallest absolute Gasteiger partial charge is 0.185 e. The van der Waals surface area contributed by atoms with Crippen LogP contribution in [0.5, 0.6) is 5.75 Å². The molecule has 0 radical (unpaired) electrons. The predicted molar refractivity (Wildman–Crippen MR) is 83.0 cm³/mol. The molecule has 1 fully saturated rings. The van der Waals surface area contributed by atoms with E-state index in [1.165, 1.54) is 5.56 Å². The number of rotatable bonds is 4. The standard InChI is InChI=1S/C15H19N3OS/c1-19-14-4-2-12(3-5-14)10-13-11-20-15(17-13)18-8-6-16-7-9-18/h2-5,11,16H,6-10H2,1H3. The first-order chi connectivity index (χ1) is 9.85. The van der Waals surface area contributed by atoms with Crippen molar-refractivity contribution in [1.29, 1.82) is 0 Å². The molecule has 0 amide bonds. The molecular weight excluding hydrogens is 270 g/mol. The van der Waals surface area contributed by atoms with Crippen molar-refractivity contribution in [1.82, 2.24) is 10.3 Å². The van der Waals surface area contributed by atoms with Crippen LogP contribution in [0.3, 0.4) is 0 Å². The largest absolute Gasteiger partial charge is 0.497 e. The normalized spacial score (nSPS) is 15.3. The summed E-state index contributed by atoms with van der Waals surface area (Å²) in [6.45, 7) is 4.20. The molecule has 0 saturated carbocycles. The maximum absolute atomic E-state index is 5.18. The third-order valence-corrected chi connectivity index (χ3v) is 4.42. The Morgan fingerprint density at radius 2 is 2.00 bits per heavy atom. The van der Waals surface area contributed by atoms with Gasteiger partial charge in [0.25, 0.3) is 0 Å². The number of benzene rings is 1. The number of nitrogens with one attached hydrogen (secondary N) is 1. The van der Waals surface area contributed by atoms with E-state index in [-0.39, 0.29) is 0 Å². The zero-order valence-electron chi connectivity index (χ0n) is 11.6. The molecule has 4 nitrogen and oxygen atoms in total. The van der Waals surface area contributed by atoms with Crippen molar-refractivity contribution < 1.29 is 4.74 Å². The maximum Gasteiger partial charge on any atom is 0.185 e. The van der Waals surface area contributed by atoms with Gasteiger partial charge in [-0.2, -0.15) is 0 Å². The number of thiazole rings is 1. The molecule has 0 unspecified atom stereocenters. The van der Waals surface area contributed by atoms with Crippen molar-refractivity contribution in [2.75, 3.05) is 38.2 Å². The van der Waals surface area contributed by atoms with Crippen LogP contribution < -0.4 is 15.0 Å². The Labute approximate surface area is 123 Å². The highest BCUT2D eigenvalue weighted by atomic mass is 32.1. The van der Waals surface area contributed by atoms with Gasteiger partial charge in [-0.3, -0.25) is 0 Å². The van der Waals surface area contributed by atoms with Crippen molar-refractivity contribution >= 4 is 16.5 Å². The first kappa shape index (κ1) is 13.4. The van der Waals surface area contributed by atoms with Crippen LogP contribution in [0.1, 0.15) is 11.3 Å². The van der Waals surface area contributed by atoms with Crippen molar-refractivity contribution in [3.63, 3.8) is 0 Å². The lowest BCUT2D eigenvalue weighted by Crippen LogP contribution is -2.43. The van der Waals surface area contributed by atoms with Crippen LogP contribution in [0.4, 0.5) is 5.13 Å². The van der Waals surface area contributed by atoms with Gasteiger partial charge in [0.15, 0.2) is 5.13 Å². The summed E-state index contributed by atoms with van der Waals surface area (Å²) in [4.78, 5) is 7.12. The van der Waals surface area contributed by atoms with Gasteiger partial charge in [-0.15, -0.1) is 11.3 Å². The minimum atomic E-state index is 0.882. The lowest BCUT2D eigenvalue weighted by molar-refractivity contribution is 0.414. The number of piperazine rings is 1. The quantitative estimate of drug-likeness (QED) is 0.936. The second-order valence-electron chi connectivity index (χ2n) is 4.88. The molecule has 0 atom stereocenters. The molecule has 1 N–H and O–H groups in total. The van der Waals surface area contributed by atoms with Gasteiger partial charge in [0.2, 0.25) is 0 Å². The highest BCUT2D eigenvalue weighted by Gasteiger charge is 2.13. The van der Waals surface area contributed by atoms with E-state index in [1.807, 2.05) is 12.1 Å². The van der Waals surface area contributed by atoms with E-state index in [0.29, 0.717) is 0 Å². The Morgan fingerprint density at radius 3 is 2.70 bits per heavy atom. The second-order valence-corrected chi connectivity index (χ2v) is 5.72. The Morgan fingerprint density at radius 1 is 1.25 bits per heavy atom. The number of hydrogen-bond acceptors (Lipinski definition) is 5. The van der Waals surface area contributed by atoms with E-state index in [9.17, 15) is 0 Å². The first-order valence-corrected chi connectivity index (χ1v) is 7.76. The molecule has 1 aromatic carbocycles. The number of hydrogen-bond donors (Lipinski definition) is 1. The summed E-state index contributed by atoms with van der Waals surface area (Å²) in [5, 5.41) is 6.68. The number of ether oxygens (including phenoxy) is 1. The Balaban J connectivity index is 1.66. The highest BCUT2D eigenvalue weighted by molar-refractivity contribution is 7.13. The van der Waals surface area contributed by atoms with Crippen LogP contribution in [-0.4, -0.2) is 38.3 Å². The molecule has 1 aromatic heterocycles. The number of nitrogens with zero attached hydrogens (tertiary/aromatic N) is 2. The summed E-state index contributed by atoms with van der Waals surface area (Å²) in [7, 11) is 1.69. The first-order valence-electron chi connectivity index (χ1n) is 6.88. The van der Waals surface area contributed by atoms with Gasteiger partial charge in [-0.1, -0.05) is 12.1 Å². The number of anilines is 1. The molecule has 0 aliphatic carbocycles. The van der Waals surface area contributed by atoms with Gasteiger partial charge in [-0.25, -0.2) is 4.98 Å². The monoisotopic (exact) mass is 289 g/mol. The minimum Gasteiger partial charge on any atom is -0.497 e. The fourth-order valence-electron chi connectivity index (χ4n) is 2.33. The Kier molecular flexibility index (Phi) is 4.18. The molecule has 20 heavy (non-hydrogen) atoms. The van der Waals surface area contributed by atoms with Crippen LogP contribution in [0.15, 0.2) is 29.6 Å². The van der Waals surface area contributed by atoms with Crippen molar-refractivity contribution in [2.24, 2.45) is 0 Å². The molecular formula is C15H19N3OS. The topological polar surface area (TPSA) is 37.4 Å². The molecule has 1 saturated heterocycles. The summed E-state index contributed by atoms with van der Waals surface area (Å²) in [6, 6.07) is 8.20. The molecule has 106 valence electrons. The van der Waals surface area contributed by atoms with Gasteiger partial charge in [-0.05, 0) is 17.7 Å². The van der Waals surface area contributed by atoms with Gasteiger partial charge in [0.05, 0.1) is 12.8 Å². The average Bonchev–Trinajstić information content (AvgIpc) is 2.97. The summed E-state index contributed by atoms with van der Waals surface area (Å²) in [5.41, 5.74) is 2.41. The maximum atomic E-state index is 5.18. The highest BCUT2D eigenvalue weighted by Crippen LogP contribution is 2.23. The van der Waals surface area contributed by atoms with E-state index in [0.717, 1.165) is 49.2 Å². The van der Waals surface area contributed by atoms with Crippen LogP contribution in [-0.2, 0) is 6.42 Å². The van der Waals surface area contributed by atoms with Gasteiger partial charge in [0.1, 0.15) is 5.75 Å². The average molecular weight is 289 g/mol. The molecule has 1 aliphatic heterocycles. The molecule has 0 spiro atoms. The fraction of sp³-hybridized carbons (Fsp3) is 0.400.